The molecule has 0 amide bonds. The predicted molar refractivity (Wildman–Crippen MR) is 133 cm³/mol. The summed E-state index contributed by atoms with van der Waals surface area (Å²) in [6.45, 7) is 17.9. The molecule has 10 atom stereocenters. The van der Waals surface area contributed by atoms with Gasteiger partial charge in [-0.15, -0.1) is 0 Å². The highest BCUT2D eigenvalue weighted by atomic mass is 16.6. The van der Waals surface area contributed by atoms with Crippen molar-refractivity contribution in [2.75, 3.05) is 0 Å². The minimum absolute atomic E-state index is 0.153. The Balaban J connectivity index is 1.52. The summed E-state index contributed by atoms with van der Waals surface area (Å²) in [6.07, 6.45) is 15.6. The SMILES string of the molecule is C=C(C)/C=C/C[C@@H](C)C1CC[C@@]2(C)C3C=CC45O[C@@H](O)C3(CCC12C)C4CCC(O)C5(C)C. The molecule has 5 rings (SSSR count). The normalized spacial score (nSPS) is 52.9. The van der Waals surface area contributed by atoms with Crippen molar-refractivity contribution in [3.05, 3.63) is 36.5 Å². The fraction of sp³-hybridized carbons (Fsp3) is 0.800. The largest absolute Gasteiger partial charge is 0.392 e. The molecule has 2 N–H and O–H groups in total. The zero-order chi connectivity index (χ0) is 24.0. The van der Waals surface area contributed by atoms with E-state index in [1.54, 1.807) is 0 Å². The van der Waals surface area contributed by atoms with Gasteiger partial charge < -0.3 is 14.9 Å². The van der Waals surface area contributed by atoms with Crippen molar-refractivity contribution in [3.8, 4) is 0 Å². The molecule has 0 aromatic heterocycles. The summed E-state index contributed by atoms with van der Waals surface area (Å²) in [5, 5.41) is 22.5. The number of aliphatic hydroxyl groups is 2. The van der Waals surface area contributed by atoms with Crippen LogP contribution in [0, 0.1) is 45.3 Å². The number of fused-ring (bicyclic) bond motifs is 2. The van der Waals surface area contributed by atoms with Gasteiger partial charge in [0.15, 0.2) is 6.29 Å². The first-order valence-corrected chi connectivity index (χ1v) is 13.4. The molecule has 4 aliphatic carbocycles. The van der Waals surface area contributed by atoms with Crippen molar-refractivity contribution in [2.45, 2.75) is 104 Å². The third-order valence-corrected chi connectivity index (χ3v) is 12.1. The summed E-state index contributed by atoms with van der Waals surface area (Å²) in [5.74, 6) is 1.94. The van der Waals surface area contributed by atoms with Crippen molar-refractivity contribution in [2.24, 2.45) is 45.3 Å². The predicted octanol–water partition coefficient (Wildman–Crippen LogP) is 6.42. The molecule has 0 radical (unpaired) electrons. The van der Waals surface area contributed by atoms with Crippen LogP contribution in [0.5, 0.6) is 0 Å². The molecular weight excluding hydrogens is 408 g/mol. The second-order valence-corrected chi connectivity index (χ2v) is 13.5. The second kappa shape index (κ2) is 7.31. The van der Waals surface area contributed by atoms with Crippen molar-refractivity contribution >= 4 is 0 Å². The van der Waals surface area contributed by atoms with Gasteiger partial charge in [-0.1, -0.05) is 71.1 Å². The zero-order valence-corrected chi connectivity index (χ0v) is 21.7. The molecular formula is C30H46O3. The van der Waals surface area contributed by atoms with Crippen LogP contribution < -0.4 is 0 Å². The molecule has 1 aliphatic heterocycles. The van der Waals surface area contributed by atoms with Crippen LogP contribution in [0.3, 0.4) is 0 Å². The van der Waals surface area contributed by atoms with E-state index in [9.17, 15) is 10.2 Å². The van der Waals surface area contributed by atoms with Gasteiger partial charge >= 0.3 is 0 Å². The topological polar surface area (TPSA) is 49.7 Å². The molecule has 1 spiro atoms. The van der Waals surface area contributed by atoms with E-state index in [4.69, 9.17) is 4.74 Å². The van der Waals surface area contributed by atoms with E-state index in [1.807, 2.05) is 0 Å². The van der Waals surface area contributed by atoms with E-state index < -0.39 is 23.4 Å². The molecule has 33 heavy (non-hydrogen) atoms. The Hall–Kier alpha value is -0.900. The first-order chi connectivity index (χ1) is 15.4. The fourth-order valence-electron chi connectivity index (χ4n) is 9.90. The smallest absolute Gasteiger partial charge is 0.162 e. The highest BCUT2D eigenvalue weighted by molar-refractivity contribution is 5.34. The number of hydrogen-bond acceptors (Lipinski definition) is 3. The van der Waals surface area contributed by atoms with Gasteiger partial charge in [-0.25, -0.2) is 0 Å². The number of hydrogen-bond donors (Lipinski definition) is 2. The maximum Gasteiger partial charge on any atom is 0.162 e. The van der Waals surface area contributed by atoms with Crippen molar-refractivity contribution in [3.63, 3.8) is 0 Å². The molecule has 1 heterocycles. The van der Waals surface area contributed by atoms with E-state index in [0.717, 1.165) is 37.7 Å². The van der Waals surface area contributed by atoms with E-state index in [-0.39, 0.29) is 22.2 Å². The Labute approximate surface area is 201 Å². The third kappa shape index (κ3) is 2.74. The summed E-state index contributed by atoms with van der Waals surface area (Å²) in [7, 11) is 0. The standard InChI is InChI=1S/C30H46O3/c1-19(2)9-8-10-20(3)21-13-15-28(7)22-14-16-30-23(11-12-24(31)26(30,4)5)29(22,25(32)33-30)18-17-27(21,28)6/h8-9,14,16,20-25,31-32H,1,10-13,15,17-18H2,2-7H3/b9-8+/t20-,21?,22?,23?,24?,25-,27?,28+,29?,30?/m1/s1. The van der Waals surface area contributed by atoms with Crippen LogP contribution in [0.2, 0.25) is 0 Å². The van der Waals surface area contributed by atoms with Crippen LogP contribution in [0.15, 0.2) is 36.5 Å². The Kier molecular flexibility index (Phi) is 5.27. The van der Waals surface area contributed by atoms with Crippen molar-refractivity contribution in [1.29, 1.82) is 0 Å². The number of aliphatic hydroxyl groups excluding tert-OH is 2. The van der Waals surface area contributed by atoms with E-state index in [2.05, 4.69) is 72.4 Å². The quantitative estimate of drug-likeness (QED) is 0.381. The lowest BCUT2D eigenvalue weighted by molar-refractivity contribution is -0.213. The third-order valence-electron chi connectivity index (χ3n) is 12.1. The van der Waals surface area contributed by atoms with Crippen LogP contribution >= 0.6 is 0 Å². The molecule has 3 nitrogen and oxygen atoms in total. The average Bonchev–Trinajstić information content (AvgIpc) is 3.09. The maximum atomic E-state index is 11.6. The molecule has 3 heteroatoms. The fourth-order valence-corrected chi connectivity index (χ4v) is 9.90. The van der Waals surface area contributed by atoms with E-state index >= 15 is 0 Å². The lowest BCUT2D eigenvalue weighted by Crippen LogP contribution is -2.65. The minimum Gasteiger partial charge on any atom is -0.392 e. The molecule has 0 aromatic carbocycles. The average molecular weight is 455 g/mol. The molecule has 7 unspecified atom stereocenters. The minimum atomic E-state index is -0.747. The summed E-state index contributed by atoms with van der Waals surface area (Å²) in [4.78, 5) is 0. The summed E-state index contributed by atoms with van der Waals surface area (Å²) < 4.78 is 6.59. The Morgan fingerprint density at radius 2 is 1.82 bits per heavy atom. The van der Waals surface area contributed by atoms with Crippen LogP contribution in [0.4, 0.5) is 0 Å². The van der Waals surface area contributed by atoms with Crippen LogP contribution in [0.25, 0.3) is 0 Å². The highest BCUT2D eigenvalue weighted by Gasteiger charge is 2.78. The van der Waals surface area contributed by atoms with Gasteiger partial charge in [0.05, 0.1) is 6.10 Å². The molecule has 1 saturated heterocycles. The van der Waals surface area contributed by atoms with E-state index in [0.29, 0.717) is 17.8 Å². The van der Waals surface area contributed by atoms with Crippen molar-refractivity contribution in [1.82, 2.24) is 0 Å². The van der Waals surface area contributed by atoms with Crippen LogP contribution in [-0.4, -0.2) is 28.2 Å². The van der Waals surface area contributed by atoms with Gasteiger partial charge in [-0.05, 0) is 80.5 Å². The summed E-state index contributed by atoms with van der Waals surface area (Å²) in [5.41, 5.74) is 0.360. The van der Waals surface area contributed by atoms with Gasteiger partial charge in [-0.3, -0.25) is 0 Å². The molecule has 0 aromatic rings. The Morgan fingerprint density at radius 3 is 2.52 bits per heavy atom. The lowest BCUT2D eigenvalue weighted by atomic mass is 9.38. The first-order valence-electron chi connectivity index (χ1n) is 13.4. The molecule has 4 fully saturated rings. The van der Waals surface area contributed by atoms with Gasteiger partial charge in [0.25, 0.3) is 0 Å². The first kappa shape index (κ1) is 23.8. The number of rotatable bonds is 4. The highest BCUT2D eigenvalue weighted by Crippen LogP contribution is 2.78. The Bertz CT molecular complexity index is 887. The van der Waals surface area contributed by atoms with Crippen LogP contribution in [-0.2, 0) is 4.74 Å². The summed E-state index contributed by atoms with van der Waals surface area (Å²) in [6, 6.07) is 0. The van der Waals surface area contributed by atoms with Gasteiger partial charge in [0.1, 0.15) is 5.60 Å². The molecule has 5 aliphatic rings. The van der Waals surface area contributed by atoms with Gasteiger partial charge in [-0.2, -0.15) is 0 Å². The summed E-state index contributed by atoms with van der Waals surface area (Å²) >= 11 is 0. The Morgan fingerprint density at radius 1 is 1.09 bits per heavy atom. The zero-order valence-electron chi connectivity index (χ0n) is 21.7. The van der Waals surface area contributed by atoms with Crippen LogP contribution in [0.1, 0.15) is 86.5 Å². The molecule has 2 bridgehead atoms. The number of allylic oxidation sites excluding steroid dienone is 4. The van der Waals surface area contributed by atoms with Gasteiger partial charge in [0, 0.05) is 16.7 Å². The molecule has 184 valence electrons. The van der Waals surface area contributed by atoms with Gasteiger partial charge in [0.2, 0.25) is 0 Å². The monoisotopic (exact) mass is 454 g/mol. The molecule has 3 saturated carbocycles. The number of ether oxygens (including phenoxy) is 1. The maximum absolute atomic E-state index is 11.6. The van der Waals surface area contributed by atoms with E-state index in [1.165, 1.54) is 12.8 Å². The van der Waals surface area contributed by atoms with Crippen molar-refractivity contribution < 1.29 is 14.9 Å². The lowest BCUT2D eigenvalue weighted by Gasteiger charge is -2.65. The second-order valence-electron chi connectivity index (χ2n) is 13.5.